The second-order valence-corrected chi connectivity index (χ2v) is 6.79. The lowest BCUT2D eigenvalue weighted by Gasteiger charge is -2.20. The van der Waals surface area contributed by atoms with Crippen LogP contribution in [0.5, 0.6) is 0 Å². The normalized spacial score (nSPS) is 17.6. The van der Waals surface area contributed by atoms with Crippen molar-refractivity contribution in [1.82, 2.24) is 4.98 Å². The molecule has 1 saturated carbocycles. The summed E-state index contributed by atoms with van der Waals surface area (Å²) in [6.07, 6.45) is 7.95. The zero-order chi connectivity index (χ0) is 11.5. The van der Waals surface area contributed by atoms with Gasteiger partial charge in [0.25, 0.3) is 0 Å². The summed E-state index contributed by atoms with van der Waals surface area (Å²) in [7, 11) is 0. The van der Waals surface area contributed by atoms with E-state index in [1.165, 1.54) is 37.8 Å². The van der Waals surface area contributed by atoms with Gasteiger partial charge in [-0.05, 0) is 28.3 Å². The van der Waals surface area contributed by atoms with Crippen LogP contribution >= 0.6 is 27.3 Å². The topological polar surface area (TPSA) is 38.9 Å². The van der Waals surface area contributed by atoms with Crippen molar-refractivity contribution in [3.05, 3.63) is 21.1 Å². The fourth-order valence-corrected chi connectivity index (χ4v) is 3.68. The van der Waals surface area contributed by atoms with Crippen molar-refractivity contribution < 1.29 is 0 Å². The first-order valence-corrected chi connectivity index (χ1v) is 7.37. The highest BCUT2D eigenvalue weighted by Crippen LogP contribution is 2.32. The number of rotatable bonds is 3. The van der Waals surface area contributed by atoms with E-state index in [0.717, 1.165) is 21.1 Å². The fraction of sp³-hybridized carbons (Fsp3) is 0.583. The Bertz CT molecular complexity index is 380. The van der Waals surface area contributed by atoms with E-state index in [4.69, 9.17) is 5.73 Å². The van der Waals surface area contributed by atoms with E-state index in [9.17, 15) is 0 Å². The number of nitrogens with two attached hydrogens (primary N) is 1. The fourth-order valence-electron chi connectivity index (χ4n) is 2.26. The number of hydrogen-bond acceptors (Lipinski definition) is 3. The molecule has 1 aliphatic carbocycles. The number of hydrogen-bond donors (Lipinski definition) is 1. The average molecular weight is 301 g/mol. The van der Waals surface area contributed by atoms with Gasteiger partial charge in [0.05, 0.1) is 15.2 Å². The van der Waals surface area contributed by atoms with Crippen molar-refractivity contribution in [3.63, 3.8) is 0 Å². The van der Waals surface area contributed by atoms with E-state index in [1.54, 1.807) is 11.3 Å². The Morgan fingerprint density at radius 2 is 2.12 bits per heavy atom. The third-order valence-electron chi connectivity index (χ3n) is 3.13. The van der Waals surface area contributed by atoms with Crippen LogP contribution in [-0.4, -0.2) is 4.98 Å². The average Bonchev–Trinajstić information content (AvgIpc) is 2.62. The van der Waals surface area contributed by atoms with Crippen molar-refractivity contribution in [3.8, 4) is 0 Å². The summed E-state index contributed by atoms with van der Waals surface area (Å²) >= 11 is 5.16. The summed E-state index contributed by atoms with van der Waals surface area (Å²) in [6, 6.07) is 0. The molecule has 0 unspecified atom stereocenters. The molecule has 0 spiro atoms. The van der Waals surface area contributed by atoms with Crippen molar-refractivity contribution in [2.45, 2.75) is 38.5 Å². The van der Waals surface area contributed by atoms with E-state index in [1.807, 2.05) is 0 Å². The quantitative estimate of drug-likeness (QED) is 0.918. The molecule has 1 aliphatic rings. The maximum absolute atomic E-state index is 5.66. The molecule has 0 aromatic carbocycles. The Morgan fingerprint density at radius 3 is 2.69 bits per heavy atom. The summed E-state index contributed by atoms with van der Waals surface area (Å²) in [4.78, 5) is 4.55. The van der Waals surface area contributed by atoms with Gasteiger partial charge in [0.2, 0.25) is 0 Å². The highest BCUT2D eigenvalue weighted by Gasteiger charge is 2.18. The molecule has 0 aliphatic heterocycles. The van der Waals surface area contributed by atoms with Crippen LogP contribution in [0, 0.1) is 5.92 Å². The van der Waals surface area contributed by atoms with Gasteiger partial charge < -0.3 is 5.73 Å². The first-order valence-electron chi connectivity index (χ1n) is 5.76. The third-order valence-corrected chi connectivity index (χ3v) is 5.04. The molecule has 0 bridgehead atoms. The number of nitrogens with zero attached hydrogens (tertiary/aromatic N) is 1. The molecule has 4 heteroatoms. The van der Waals surface area contributed by atoms with Gasteiger partial charge in [-0.15, -0.1) is 11.3 Å². The van der Waals surface area contributed by atoms with Crippen LogP contribution < -0.4 is 5.73 Å². The minimum atomic E-state index is 0.570. The summed E-state index contributed by atoms with van der Waals surface area (Å²) in [6.45, 7) is 3.73. The summed E-state index contributed by atoms with van der Waals surface area (Å²) in [5.74, 6) is 0.811. The molecule has 0 amide bonds. The van der Waals surface area contributed by atoms with Gasteiger partial charge >= 0.3 is 0 Å². The molecule has 1 aromatic rings. The highest BCUT2D eigenvalue weighted by molar-refractivity contribution is 9.11. The number of halogens is 1. The molecule has 0 saturated heterocycles. The Balaban J connectivity index is 2.05. The molecule has 2 rings (SSSR count). The second kappa shape index (κ2) is 5.32. The Kier molecular flexibility index (Phi) is 4.03. The van der Waals surface area contributed by atoms with Crippen molar-refractivity contribution in [2.75, 3.05) is 0 Å². The zero-order valence-corrected chi connectivity index (χ0v) is 11.7. The van der Waals surface area contributed by atoms with Crippen LogP contribution in [-0.2, 0) is 6.42 Å². The molecule has 1 heterocycles. The SMILES string of the molecule is C=C(N)c1nc(CC2CCCCC2)c(Br)s1. The first kappa shape index (κ1) is 12.1. The van der Waals surface area contributed by atoms with Gasteiger partial charge in [0.1, 0.15) is 5.01 Å². The number of aromatic nitrogens is 1. The third kappa shape index (κ3) is 2.86. The van der Waals surface area contributed by atoms with Gasteiger partial charge in [-0.1, -0.05) is 38.7 Å². The van der Waals surface area contributed by atoms with E-state index in [-0.39, 0.29) is 0 Å². The van der Waals surface area contributed by atoms with Crippen LogP contribution in [0.3, 0.4) is 0 Å². The lowest BCUT2D eigenvalue weighted by molar-refractivity contribution is 0.354. The largest absolute Gasteiger partial charge is 0.397 e. The monoisotopic (exact) mass is 300 g/mol. The molecular formula is C12H17BrN2S. The van der Waals surface area contributed by atoms with Gasteiger partial charge in [-0.25, -0.2) is 4.98 Å². The van der Waals surface area contributed by atoms with Crippen LogP contribution in [0.1, 0.15) is 42.8 Å². The second-order valence-electron chi connectivity index (χ2n) is 4.47. The minimum Gasteiger partial charge on any atom is -0.397 e. The van der Waals surface area contributed by atoms with E-state index < -0.39 is 0 Å². The molecular weight excluding hydrogens is 284 g/mol. The van der Waals surface area contributed by atoms with Crippen LogP contribution in [0.4, 0.5) is 0 Å². The van der Waals surface area contributed by atoms with Gasteiger partial charge in [0.15, 0.2) is 0 Å². The maximum atomic E-state index is 5.66. The Hall–Kier alpha value is -0.350. The lowest BCUT2D eigenvalue weighted by atomic mass is 9.86. The molecule has 88 valence electrons. The summed E-state index contributed by atoms with van der Waals surface area (Å²) in [5.41, 5.74) is 7.40. The predicted molar refractivity (Wildman–Crippen MR) is 73.3 cm³/mol. The smallest absolute Gasteiger partial charge is 0.139 e. The van der Waals surface area contributed by atoms with Crippen LogP contribution in [0.25, 0.3) is 5.70 Å². The first-order chi connectivity index (χ1) is 7.66. The molecule has 2 N–H and O–H groups in total. The zero-order valence-electron chi connectivity index (χ0n) is 9.34. The Morgan fingerprint density at radius 1 is 1.44 bits per heavy atom. The molecule has 0 atom stereocenters. The predicted octanol–water partition coefficient (Wildman–Crippen LogP) is 3.96. The van der Waals surface area contributed by atoms with Gasteiger partial charge in [0, 0.05) is 0 Å². The molecule has 16 heavy (non-hydrogen) atoms. The maximum Gasteiger partial charge on any atom is 0.139 e. The van der Waals surface area contributed by atoms with Crippen molar-refractivity contribution >= 4 is 33.0 Å². The van der Waals surface area contributed by atoms with Gasteiger partial charge in [-0.3, -0.25) is 0 Å². The van der Waals surface area contributed by atoms with E-state index in [2.05, 4.69) is 27.5 Å². The molecule has 1 aromatic heterocycles. The summed E-state index contributed by atoms with van der Waals surface area (Å²) in [5, 5.41) is 0.859. The molecule has 0 radical (unpaired) electrons. The summed E-state index contributed by atoms with van der Waals surface area (Å²) < 4.78 is 1.12. The highest BCUT2D eigenvalue weighted by atomic mass is 79.9. The molecule has 2 nitrogen and oxygen atoms in total. The number of thiazole rings is 1. The van der Waals surface area contributed by atoms with Crippen molar-refractivity contribution in [1.29, 1.82) is 0 Å². The standard InChI is InChI=1S/C12H17BrN2S/c1-8(14)12-15-10(11(13)16-12)7-9-5-3-2-4-6-9/h9H,1-7,14H2. The minimum absolute atomic E-state index is 0.570. The Labute approximate surface area is 109 Å². The van der Waals surface area contributed by atoms with E-state index >= 15 is 0 Å². The van der Waals surface area contributed by atoms with E-state index in [0.29, 0.717) is 5.70 Å². The van der Waals surface area contributed by atoms with Gasteiger partial charge in [-0.2, -0.15) is 0 Å². The molecule has 1 fully saturated rings. The lowest BCUT2D eigenvalue weighted by Crippen LogP contribution is -2.09. The van der Waals surface area contributed by atoms with Crippen LogP contribution in [0.2, 0.25) is 0 Å². The van der Waals surface area contributed by atoms with Crippen LogP contribution in [0.15, 0.2) is 10.4 Å². The van der Waals surface area contributed by atoms with Crippen molar-refractivity contribution in [2.24, 2.45) is 11.7 Å².